The molecule has 2 aromatic rings. The molecule has 6 nitrogen and oxygen atoms in total. The minimum Gasteiger partial charge on any atom is -0.409 e. The summed E-state index contributed by atoms with van der Waals surface area (Å²) in [7, 11) is -3.74. The van der Waals surface area contributed by atoms with Crippen LogP contribution in [0.1, 0.15) is 17.2 Å². The van der Waals surface area contributed by atoms with Crippen LogP contribution in [-0.2, 0) is 14.9 Å². The van der Waals surface area contributed by atoms with Crippen LogP contribution in [-0.4, -0.2) is 20.1 Å². The molecule has 0 saturated carbocycles. The van der Waals surface area contributed by atoms with E-state index in [0.717, 1.165) is 16.7 Å². The van der Waals surface area contributed by atoms with Gasteiger partial charge in [-0.05, 0) is 23.3 Å². The molecule has 23 heavy (non-hydrogen) atoms. The lowest BCUT2D eigenvalue weighted by Crippen LogP contribution is -2.15. The molecule has 1 aliphatic rings. The summed E-state index contributed by atoms with van der Waals surface area (Å²) in [6, 6.07) is 15.6. The van der Waals surface area contributed by atoms with Crippen molar-refractivity contribution in [3.8, 4) is 0 Å². The van der Waals surface area contributed by atoms with Gasteiger partial charge in [0, 0.05) is 5.57 Å². The van der Waals surface area contributed by atoms with Crippen LogP contribution in [0.5, 0.6) is 0 Å². The van der Waals surface area contributed by atoms with E-state index in [4.69, 9.17) is 9.98 Å². The number of hydroxylamine groups is 1. The van der Waals surface area contributed by atoms with Gasteiger partial charge in [-0.15, -0.1) is 5.48 Å². The molecule has 1 heterocycles. The minimum absolute atomic E-state index is 0.0375. The molecule has 2 aromatic carbocycles. The van der Waals surface area contributed by atoms with Gasteiger partial charge in [0.15, 0.2) is 5.76 Å². The Morgan fingerprint density at radius 1 is 1.09 bits per heavy atom. The van der Waals surface area contributed by atoms with Crippen molar-refractivity contribution in [2.45, 2.75) is 10.9 Å². The van der Waals surface area contributed by atoms with Crippen molar-refractivity contribution in [1.82, 2.24) is 5.48 Å². The van der Waals surface area contributed by atoms with E-state index in [2.05, 4.69) is 5.48 Å². The van der Waals surface area contributed by atoms with Gasteiger partial charge in [-0.3, -0.25) is 0 Å². The molecule has 0 saturated heterocycles. The zero-order valence-corrected chi connectivity index (χ0v) is 13.0. The zero-order valence-electron chi connectivity index (χ0n) is 12.1. The number of sulfonamides is 1. The summed E-state index contributed by atoms with van der Waals surface area (Å²) >= 11 is 0. The van der Waals surface area contributed by atoms with Crippen molar-refractivity contribution in [2.75, 3.05) is 6.61 Å². The fraction of sp³-hybridized carbons (Fsp3) is 0.125. The first-order valence-corrected chi connectivity index (χ1v) is 8.50. The van der Waals surface area contributed by atoms with Crippen LogP contribution in [0.15, 0.2) is 65.3 Å². The summed E-state index contributed by atoms with van der Waals surface area (Å²) in [4.78, 5) is 5.41. The number of aliphatic hydroxyl groups excluding tert-OH is 1. The maximum atomic E-state index is 11.4. The maximum absolute atomic E-state index is 11.4. The lowest BCUT2D eigenvalue weighted by Gasteiger charge is -2.14. The third-order valence-corrected chi connectivity index (χ3v) is 4.59. The molecule has 1 atom stereocenters. The Bertz CT molecular complexity index is 830. The van der Waals surface area contributed by atoms with Gasteiger partial charge in [-0.1, -0.05) is 42.5 Å². The predicted octanol–water partition coefficient (Wildman–Crippen LogP) is 1.31. The van der Waals surface area contributed by atoms with Crippen LogP contribution in [0, 0.1) is 0 Å². The topological polar surface area (TPSA) is 102 Å². The molecular formula is C16H16N2O4S. The molecule has 3 rings (SSSR count). The van der Waals surface area contributed by atoms with Gasteiger partial charge in [0.2, 0.25) is 10.0 Å². The van der Waals surface area contributed by atoms with Gasteiger partial charge in [-0.2, -0.15) is 0 Å². The molecule has 0 amide bonds. The second kappa shape index (κ2) is 6.13. The Kier molecular flexibility index (Phi) is 4.18. The number of primary sulfonamides is 1. The molecule has 7 heteroatoms. The Labute approximate surface area is 134 Å². The van der Waals surface area contributed by atoms with Gasteiger partial charge in [0.05, 0.1) is 10.9 Å². The quantitative estimate of drug-likeness (QED) is 0.784. The van der Waals surface area contributed by atoms with E-state index in [1.165, 1.54) is 12.1 Å². The summed E-state index contributed by atoms with van der Waals surface area (Å²) in [6.07, 6.45) is 0. The first-order valence-electron chi connectivity index (χ1n) is 6.95. The molecule has 0 spiro atoms. The summed E-state index contributed by atoms with van der Waals surface area (Å²) in [5.74, 6) is 0.405. The molecular weight excluding hydrogens is 316 g/mol. The lowest BCUT2D eigenvalue weighted by atomic mass is 9.93. The van der Waals surface area contributed by atoms with Crippen molar-refractivity contribution in [2.24, 2.45) is 5.14 Å². The average Bonchev–Trinajstić information content (AvgIpc) is 2.99. The molecule has 0 aliphatic carbocycles. The third-order valence-electron chi connectivity index (χ3n) is 3.66. The Morgan fingerprint density at radius 3 is 2.30 bits per heavy atom. The fourth-order valence-corrected chi connectivity index (χ4v) is 3.07. The largest absolute Gasteiger partial charge is 0.409 e. The average molecular weight is 332 g/mol. The molecule has 4 N–H and O–H groups in total. The highest BCUT2D eigenvalue weighted by Crippen LogP contribution is 2.37. The molecule has 1 unspecified atom stereocenters. The second-order valence-electron chi connectivity index (χ2n) is 5.13. The molecule has 1 aliphatic heterocycles. The zero-order chi connectivity index (χ0) is 16.4. The van der Waals surface area contributed by atoms with Gasteiger partial charge in [0.25, 0.3) is 0 Å². The summed E-state index contributed by atoms with van der Waals surface area (Å²) in [6.45, 7) is -0.261. The highest BCUT2D eigenvalue weighted by molar-refractivity contribution is 7.89. The van der Waals surface area contributed by atoms with Crippen molar-refractivity contribution >= 4 is 15.6 Å². The van der Waals surface area contributed by atoms with Crippen LogP contribution in [0.3, 0.4) is 0 Å². The monoisotopic (exact) mass is 332 g/mol. The van der Waals surface area contributed by atoms with E-state index in [1.807, 2.05) is 30.3 Å². The van der Waals surface area contributed by atoms with E-state index in [9.17, 15) is 13.5 Å². The Balaban J connectivity index is 2.03. The van der Waals surface area contributed by atoms with Gasteiger partial charge >= 0.3 is 0 Å². The SMILES string of the molecule is NS(=O)(=O)c1ccc(C2=C(CO)ONC2c2ccccc2)cc1. The molecule has 0 radical (unpaired) electrons. The number of nitrogens with one attached hydrogen (secondary N) is 1. The maximum Gasteiger partial charge on any atom is 0.238 e. The van der Waals surface area contributed by atoms with E-state index in [-0.39, 0.29) is 17.5 Å². The van der Waals surface area contributed by atoms with Crippen molar-refractivity contribution in [3.05, 3.63) is 71.5 Å². The first kappa shape index (κ1) is 15.7. The molecule has 0 fully saturated rings. The molecule has 120 valence electrons. The lowest BCUT2D eigenvalue weighted by molar-refractivity contribution is 0.0908. The Hall–Kier alpha value is -2.19. The number of nitrogens with two attached hydrogens (primary N) is 1. The number of hydrogen-bond donors (Lipinski definition) is 3. The van der Waals surface area contributed by atoms with Crippen LogP contribution >= 0.6 is 0 Å². The van der Waals surface area contributed by atoms with Gasteiger partial charge in [-0.25, -0.2) is 13.6 Å². The van der Waals surface area contributed by atoms with Crippen molar-refractivity contribution in [1.29, 1.82) is 0 Å². The summed E-state index contributed by atoms with van der Waals surface area (Å²) in [5, 5.41) is 14.6. The number of benzene rings is 2. The predicted molar refractivity (Wildman–Crippen MR) is 85.2 cm³/mol. The van der Waals surface area contributed by atoms with Crippen molar-refractivity contribution in [3.63, 3.8) is 0 Å². The van der Waals surface area contributed by atoms with E-state index in [0.29, 0.717) is 5.76 Å². The van der Waals surface area contributed by atoms with E-state index < -0.39 is 10.0 Å². The van der Waals surface area contributed by atoms with E-state index in [1.54, 1.807) is 12.1 Å². The summed E-state index contributed by atoms with van der Waals surface area (Å²) < 4.78 is 22.7. The van der Waals surface area contributed by atoms with E-state index >= 15 is 0 Å². The van der Waals surface area contributed by atoms with Gasteiger partial charge < -0.3 is 9.94 Å². The standard InChI is InChI=1S/C16H16N2O4S/c17-23(20,21)13-8-6-11(7-9-13)15-14(10-19)22-18-16(15)12-4-2-1-3-5-12/h1-9,16,18-19H,10H2,(H2,17,20,21). The van der Waals surface area contributed by atoms with Crippen LogP contribution in [0.2, 0.25) is 0 Å². The highest BCUT2D eigenvalue weighted by Gasteiger charge is 2.29. The highest BCUT2D eigenvalue weighted by atomic mass is 32.2. The minimum atomic E-state index is -3.74. The number of aliphatic hydroxyl groups is 1. The van der Waals surface area contributed by atoms with Gasteiger partial charge in [0.1, 0.15) is 6.61 Å². The van der Waals surface area contributed by atoms with Crippen LogP contribution in [0.4, 0.5) is 0 Å². The van der Waals surface area contributed by atoms with Crippen LogP contribution < -0.4 is 10.6 Å². The van der Waals surface area contributed by atoms with Crippen LogP contribution in [0.25, 0.3) is 5.57 Å². The summed E-state index contributed by atoms with van der Waals surface area (Å²) in [5.41, 5.74) is 5.38. The number of hydrogen-bond acceptors (Lipinski definition) is 5. The number of rotatable bonds is 4. The Morgan fingerprint density at radius 2 is 1.74 bits per heavy atom. The smallest absolute Gasteiger partial charge is 0.238 e. The second-order valence-corrected chi connectivity index (χ2v) is 6.69. The van der Waals surface area contributed by atoms with Crippen molar-refractivity contribution < 1.29 is 18.4 Å². The third kappa shape index (κ3) is 3.13. The molecule has 0 aromatic heterocycles. The fourth-order valence-electron chi connectivity index (χ4n) is 2.55. The normalized spacial score (nSPS) is 18.1. The first-order chi connectivity index (χ1) is 11.0. The molecule has 0 bridgehead atoms.